The SMILES string of the molecule is CCOC(=O)C1(Cc2ccccc2C(F)(F)F)CCN([C@@H](C)Cc2ccc(C)cn2)CC1. The highest BCUT2D eigenvalue weighted by Gasteiger charge is 2.45. The Labute approximate surface area is 187 Å². The lowest BCUT2D eigenvalue weighted by atomic mass is 9.72. The molecule has 0 saturated carbocycles. The molecule has 1 fully saturated rings. The number of carbonyl (C=O) groups is 1. The van der Waals surface area contributed by atoms with Crippen molar-refractivity contribution in [2.24, 2.45) is 5.41 Å². The van der Waals surface area contributed by atoms with Gasteiger partial charge in [-0.15, -0.1) is 0 Å². The van der Waals surface area contributed by atoms with Crippen molar-refractivity contribution in [3.63, 3.8) is 0 Å². The Morgan fingerprint density at radius 2 is 1.88 bits per heavy atom. The van der Waals surface area contributed by atoms with Crippen molar-refractivity contribution in [3.05, 3.63) is 65.0 Å². The van der Waals surface area contributed by atoms with Crippen LogP contribution in [0.4, 0.5) is 13.2 Å². The van der Waals surface area contributed by atoms with Crippen molar-refractivity contribution in [1.29, 1.82) is 0 Å². The second-order valence-electron chi connectivity index (χ2n) is 8.75. The maximum atomic E-state index is 13.5. The highest BCUT2D eigenvalue weighted by atomic mass is 19.4. The summed E-state index contributed by atoms with van der Waals surface area (Å²) >= 11 is 0. The minimum atomic E-state index is -4.46. The zero-order chi connectivity index (χ0) is 23.4. The van der Waals surface area contributed by atoms with Gasteiger partial charge in [0.25, 0.3) is 0 Å². The number of halogens is 3. The van der Waals surface area contributed by atoms with Gasteiger partial charge in [-0.05, 0) is 76.4 Å². The fourth-order valence-corrected chi connectivity index (χ4v) is 4.50. The standard InChI is InChI=1S/C25H31F3N2O2/c1-4-32-23(31)24(16-20-7-5-6-8-22(20)25(26,27)28)11-13-30(14-12-24)19(3)15-21-10-9-18(2)17-29-21/h5-10,17,19H,4,11-16H2,1-3H3/t19-/m0/s1. The number of pyridine rings is 1. The van der Waals surface area contributed by atoms with Crippen LogP contribution in [0.2, 0.25) is 0 Å². The molecular weight excluding hydrogens is 417 g/mol. The number of nitrogens with zero attached hydrogens (tertiary/aromatic N) is 2. The molecule has 1 atom stereocenters. The molecular formula is C25H31F3N2O2. The molecule has 0 bridgehead atoms. The Hall–Kier alpha value is -2.41. The van der Waals surface area contributed by atoms with E-state index in [1.165, 1.54) is 12.1 Å². The van der Waals surface area contributed by atoms with Gasteiger partial charge in [0.15, 0.2) is 0 Å². The number of aryl methyl sites for hydroxylation is 1. The molecule has 2 aromatic rings. The van der Waals surface area contributed by atoms with E-state index in [1.54, 1.807) is 13.0 Å². The maximum absolute atomic E-state index is 13.5. The molecule has 0 spiro atoms. The van der Waals surface area contributed by atoms with Crippen molar-refractivity contribution in [2.45, 2.75) is 58.7 Å². The van der Waals surface area contributed by atoms with Gasteiger partial charge in [-0.1, -0.05) is 24.3 Å². The second-order valence-corrected chi connectivity index (χ2v) is 8.75. The summed E-state index contributed by atoms with van der Waals surface area (Å²) in [6.45, 7) is 7.30. The van der Waals surface area contributed by atoms with Crippen LogP contribution in [0.5, 0.6) is 0 Å². The summed E-state index contributed by atoms with van der Waals surface area (Å²) in [6, 6.07) is 9.80. The van der Waals surface area contributed by atoms with E-state index >= 15 is 0 Å². The molecule has 1 saturated heterocycles. The average molecular weight is 449 g/mol. The molecule has 0 radical (unpaired) electrons. The van der Waals surface area contributed by atoms with E-state index in [2.05, 4.69) is 16.8 Å². The Morgan fingerprint density at radius 1 is 1.19 bits per heavy atom. The monoisotopic (exact) mass is 448 g/mol. The molecule has 1 aliphatic rings. The van der Waals surface area contributed by atoms with E-state index in [1.807, 2.05) is 25.3 Å². The van der Waals surface area contributed by atoms with Gasteiger partial charge < -0.3 is 9.64 Å². The van der Waals surface area contributed by atoms with Crippen LogP contribution in [-0.2, 0) is 28.5 Å². The van der Waals surface area contributed by atoms with Crippen LogP contribution in [0.3, 0.4) is 0 Å². The molecule has 32 heavy (non-hydrogen) atoms. The number of esters is 1. The Bertz CT molecular complexity index is 904. The fourth-order valence-electron chi connectivity index (χ4n) is 4.50. The normalized spacial score (nSPS) is 17.7. The van der Waals surface area contributed by atoms with E-state index in [0.717, 1.165) is 23.7 Å². The summed E-state index contributed by atoms with van der Waals surface area (Å²) in [4.78, 5) is 19.7. The molecule has 2 heterocycles. The largest absolute Gasteiger partial charge is 0.466 e. The van der Waals surface area contributed by atoms with E-state index in [4.69, 9.17) is 4.74 Å². The summed E-state index contributed by atoms with van der Waals surface area (Å²) in [5.41, 5.74) is 0.640. The predicted octanol–water partition coefficient (Wildman–Crippen LogP) is 5.23. The molecule has 0 amide bonds. The Kier molecular flexibility index (Phi) is 7.59. The summed E-state index contributed by atoms with van der Waals surface area (Å²) < 4.78 is 46.0. The van der Waals surface area contributed by atoms with Gasteiger partial charge in [0.2, 0.25) is 0 Å². The molecule has 3 rings (SSSR count). The van der Waals surface area contributed by atoms with Crippen LogP contribution >= 0.6 is 0 Å². The Morgan fingerprint density at radius 3 is 2.47 bits per heavy atom. The van der Waals surface area contributed by atoms with Crippen molar-refractivity contribution in [2.75, 3.05) is 19.7 Å². The molecule has 1 aromatic carbocycles. The number of ether oxygens (including phenoxy) is 1. The number of carbonyl (C=O) groups excluding carboxylic acids is 1. The van der Waals surface area contributed by atoms with Gasteiger partial charge in [-0.3, -0.25) is 9.78 Å². The van der Waals surface area contributed by atoms with E-state index in [0.29, 0.717) is 25.9 Å². The number of piperidine rings is 1. The third-order valence-electron chi connectivity index (χ3n) is 6.42. The molecule has 0 unspecified atom stereocenters. The number of likely N-dealkylation sites (tertiary alicyclic amines) is 1. The zero-order valence-corrected chi connectivity index (χ0v) is 18.9. The van der Waals surface area contributed by atoms with E-state index < -0.39 is 23.1 Å². The third-order valence-corrected chi connectivity index (χ3v) is 6.42. The predicted molar refractivity (Wildman–Crippen MR) is 117 cm³/mol. The minimum Gasteiger partial charge on any atom is -0.466 e. The van der Waals surface area contributed by atoms with Gasteiger partial charge >= 0.3 is 12.1 Å². The number of rotatable bonds is 7. The molecule has 0 N–H and O–H groups in total. The lowest BCUT2D eigenvalue weighted by Crippen LogP contribution is -2.49. The van der Waals surface area contributed by atoms with Crippen LogP contribution in [0.15, 0.2) is 42.6 Å². The maximum Gasteiger partial charge on any atom is 0.416 e. The van der Waals surface area contributed by atoms with Crippen LogP contribution < -0.4 is 0 Å². The first kappa shape index (κ1) is 24.2. The van der Waals surface area contributed by atoms with Gasteiger partial charge in [0, 0.05) is 24.4 Å². The molecule has 1 aliphatic heterocycles. The van der Waals surface area contributed by atoms with Crippen molar-refractivity contribution < 1.29 is 22.7 Å². The van der Waals surface area contributed by atoms with Crippen molar-refractivity contribution in [1.82, 2.24) is 9.88 Å². The first-order valence-electron chi connectivity index (χ1n) is 11.1. The van der Waals surface area contributed by atoms with Crippen LogP contribution in [0.1, 0.15) is 49.1 Å². The topological polar surface area (TPSA) is 42.4 Å². The van der Waals surface area contributed by atoms with Crippen LogP contribution in [-0.4, -0.2) is 41.6 Å². The van der Waals surface area contributed by atoms with Gasteiger partial charge in [0.1, 0.15) is 0 Å². The smallest absolute Gasteiger partial charge is 0.416 e. The van der Waals surface area contributed by atoms with Gasteiger partial charge in [-0.2, -0.15) is 13.2 Å². The first-order chi connectivity index (χ1) is 15.1. The highest BCUT2D eigenvalue weighted by molar-refractivity contribution is 5.77. The zero-order valence-electron chi connectivity index (χ0n) is 18.9. The summed E-state index contributed by atoms with van der Waals surface area (Å²) in [6.07, 6.45) is -0.870. The molecule has 1 aromatic heterocycles. The third kappa shape index (κ3) is 5.68. The first-order valence-corrected chi connectivity index (χ1v) is 11.1. The molecule has 7 heteroatoms. The number of benzene rings is 1. The average Bonchev–Trinajstić information content (AvgIpc) is 2.75. The summed E-state index contributed by atoms with van der Waals surface area (Å²) in [5, 5.41) is 0. The van der Waals surface area contributed by atoms with E-state index in [-0.39, 0.29) is 24.6 Å². The fraction of sp³-hybridized carbons (Fsp3) is 0.520. The van der Waals surface area contributed by atoms with Crippen LogP contribution in [0.25, 0.3) is 0 Å². The van der Waals surface area contributed by atoms with Crippen LogP contribution in [0, 0.1) is 12.3 Å². The lowest BCUT2D eigenvalue weighted by molar-refractivity contribution is -0.159. The molecule has 0 aliphatic carbocycles. The highest BCUT2D eigenvalue weighted by Crippen LogP contribution is 2.41. The quantitative estimate of drug-likeness (QED) is 0.544. The summed E-state index contributed by atoms with van der Waals surface area (Å²) in [7, 11) is 0. The molecule has 4 nitrogen and oxygen atoms in total. The number of aromatic nitrogens is 1. The lowest BCUT2D eigenvalue weighted by Gasteiger charge is -2.42. The number of hydrogen-bond donors (Lipinski definition) is 0. The van der Waals surface area contributed by atoms with E-state index in [9.17, 15) is 18.0 Å². The number of alkyl halides is 3. The second kappa shape index (κ2) is 10.0. The van der Waals surface area contributed by atoms with Crippen molar-refractivity contribution in [3.8, 4) is 0 Å². The number of hydrogen-bond acceptors (Lipinski definition) is 4. The van der Waals surface area contributed by atoms with Gasteiger partial charge in [0.05, 0.1) is 17.6 Å². The van der Waals surface area contributed by atoms with Crippen molar-refractivity contribution >= 4 is 5.97 Å². The Balaban J connectivity index is 1.76. The molecule has 174 valence electrons. The minimum absolute atomic E-state index is 0.0310. The summed E-state index contributed by atoms with van der Waals surface area (Å²) in [5.74, 6) is -0.399. The van der Waals surface area contributed by atoms with Gasteiger partial charge in [-0.25, -0.2) is 0 Å².